The van der Waals surface area contributed by atoms with Crippen molar-refractivity contribution in [3.63, 3.8) is 0 Å². The van der Waals surface area contributed by atoms with Crippen LogP contribution in [-0.2, 0) is 6.54 Å². The molecule has 0 spiro atoms. The predicted octanol–water partition coefficient (Wildman–Crippen LogP) is 1.29. The summed E-state index contributed by atoms with van der Waals surface area (Å²) in [7, 11) is 0. The van der Waals surface area contributed by atoms with Crippen LogP contribution in [0.3, 0.4) is 0 Å². The number of aromatic carboxylic acids is 1. The van der Waals surface area contributed by atoms with Crippen molar-refractivity contribution in [3.05, 3.63) is 24.0 Å². The second kappa shape index (κ2) is 4.04. The Labute approximate surface area is 82.0 Å². The van der Waals surface area contributed by atoms with E-state index in [4.69, 9.17) is 5.11 Å². The standard InChI is InChI=1S/C9H13N3O2/c1-4-5-12-8(6(2)3)7(9(13)14)10-11-12/h4,6H,1,5H2,2-3H3,(H,13,14). The van der Waals surface area contributed by atoms with Gasteiger partial charge in [0.1, 0.15) is 0 Å². The summed E-state index contributed by atoms with van der Waals surface area (Å²) >= 11 is 0. The van der Waals surface area contributed by atoms with Crippen LogP contribution in [0.5, 0.6) is 0 Å². The van der Waals surface area contributed by atoms with E-state index in [2.05, 4.69) is 16.9 Å². The summed E-state index contributed by atoms with van der Waals surface area (Å²) in [6.45, 7) is 7.87. The number of aromatic nitrogens is 3. The van der Waals surface area contributed by atoms with Gasteiger partial charge in [0.25, 0.3) is 0 Å². The molecule has 0 aliphatic heterocycles. The van der Waals surface area contributed by atoms with E-state index in [1.807, 2.05) is 13.8 Å². The molecule has 76 valence electrons. The van der Waals surface area contributed by atoms with Gasteiger partial charge in [0.15, 0.2) is 5.69 Å². The highest BCUT2D eigenvalue weighted by Gasteiger charge is 2.20. The summed E-state index contributed by atoms with van der Waals surface area (Å²) in [6.07, 6.45) is 1.66. The Kier molecular flexibility index (Phi) is 3.01. The van der Waals surface area contributed by atoms with Crippen molar-refractivity contribution >= 4 is 5.97 Å². The maximum absolute atomic E-state index is 10.8. The second-order valence-electron chi connectivity index (χ2n) is 3.25. The van der Waals surface area contributed by atoms with Gasteiger partial charge in [-0.05, 0) is 5.92 Å². The number of nitrogens with zero attached hydrogens (tertiary/aromatic N) is 3. The first-order valence-electron chi connectivity index (χ1n) is 4.35. The van der Waals surface area contributed by atoms with Crippen molar-refractivity contribution in [1.29, 1.82) is 0 Å². The van der Waals surface area contributed by atoms with E-state index in [0.29, 0.717) is 12.2 Å². The van der Waals surface area contributed by atoms with Crippen molar-refractivity contribution < 1.29 is 9.90 Å². The zero-order chi connectivity index (χ0) is 10.7. The molecular formula is C9H13N3O2. The molecule has 0 saturated carbocycles. The molecule has 0 aliphatic carbocycles. The second-order valence-corrected chi connectivity index (χ2v) is 3.25. The third kappa shape index (κ3) is 1.81. The molecule has 0 aromatic carbocycles. The first-order valence-corrected chi connectivity index (χ1v) is 4.35. The molecule has 0 amide bonds. The molecule has 1 rings (SSSR count). The van der Waals surface area contributed by atoms with E-state index >= 15 is 0 Å². The minimum absolute atomic E-state index is 0.0295. The summed E-state index contributed by atoms with van der Waals surface area (Å²) in [5.41, 5.74) is 0.666. The molecule has 0 aliphatic rings. The molecule has 0 saturated heterocycles. The average molecular weight is 195 g/mol. The van der Waals surface area contributed by atoms with Crippen LogP contribution in [0.25, 0.3) is 0 Å². The van der Waals surface area contributed by atoms with Gasteiger partial charge in [-0.3, -0.25) is 0 Å². The maximum atomic E-state index is 10.8. The monoisotopic (exact) mass is 195 g/mol. The highest BCUT2D eigenvalue weighted by Crippen LogP contribution is 2.17. The van der Waals surface area contributed by atoms with Crippen molar-refractivity contribution in [3.8, 4) is 0 Å². The summed E-state index contributed by atoms with van der Waals surface area (Å²) in [5.74, 6) is -0.958. The predicted molar refractivity (Wildman–Crippen MR) is 51.3 cm³/mol. The Bertz CT molecular complexity index is 355. The Morgan fingerprint density at radius 2 is 2.36 bits per heavy atom. The summed E-state index contributed by atoms with van der Waals surface area (Å²) in [6, 6.07) is 0. The fraction of sp³-hybridized carbons (Fsp3) is 0.444. The third-order valence-corrected chi connectivity index (χ3v) is 1.82. The first kappa shape index (κ1) is 10.4. The van der Waals surface area contributed by atoms with Crippen LogP contribution >= 0.6 is 0 Å². The molecule has 5 nitrogen and oxygen atoms in total. The largest absolute Gasteiger partial charge is 0.476 e. The van der Waals surface area contributed by atoms with E-state index in [-0.39, 0.29) is 11.6 Å². The molecule has 0 fully saturated rings. The lowest BCUT2D eigenvalue weighted by molar-refractivity contribution is 0.0688. The van der Waals surface area contributed by atoms with E-state index in [9.17, 15) is 4.79 Å². The molecule has 1 N–H and O–H groups in total. The van der Waals surface area contributed by atoms with Gasteiger partial charge in [0, 0.05) is 0 Å². The fourth-order valence-corrected chi connectivity index (χ4v) is 1.30. The summed E-state index contributed by atoms with van der Waals surface area (Å²) < 4.78 is 1.56. The minimum Gasteiger partial charge on any atom is -0.476 e. The van der Waals surface area contributed by atoms with Crippen molar-refractivity contribution in [2.45, 2.75) is 26.3 Å². The highest BCUT2D eigenvalue weighted by atomic mass is 16.4. The van der Waals surface area contributed by atoms with Gasteiger partial charge in [-0.1, -0.05) is 25.1 Å². The van der Waals surface area contributed by atoms with E-state index in [1.54, 1.807) is 10.8 Å². The lowest BCUT2D eigenvalue weighted by atomic mass is 10.1. The lowest BCUT2D eigenvalue weighted by Crippen LogP contribution is -2.09. The van der Waals surface area contributed by atoms with Gasteiger partial charge in [0.2, 0.25) is 0 Å². The van der Waals surface area contributed by atoms with Crippen LogP contribution in [0.15, 0.2) is 12.7 Å². The quantitative estimate of drug-likeness (QED) is 0.735. The van der Waals surface area contributed by atoms with Crippen LogP contribution in [0, 0.1) is 0 Å². The van der Waals surface area contributed by atoms with E-state index in [0.717, 1.165) is 0 Å². The number of carboxylic acids is 1. The first-order chi connectivity index (χ1) is 6.57. The maximum Gasteiger partial charge on any atom is 0.358 e. The highest BCUT2D eigenvalue weighted by molar-refractivity contribution is 5.86. The average Bonchev–Trinajstić information content (AvgIpc) is 2.48. The van der Waals surface area contributed by atoms with Gasteiger partial charge in [-0.15, -0.1) is 11.7 Å². The number of hydrogen-bond acceptors (Lipinski definition) is 3. The van der Waals surface area contributed by atoms with Gasteiger partial charge in [0.05, 0.1) is 12.2 Å². The van der Waals surface area contributed by atoms with Crippen molar-refractivity contribution in [2.24, 2.45) is 0 Å². The molecular weight excluding hydrogens is 182 g/mol. The zero-order valence-corrected chi connectivity index (χ0v) is 8.27. The molecule has 0 unspecified atom stereocenters. The fourth-order valence-electron chi connectivity index (χ4n) is 1.30. The van der Waals surface area contributed by atoms with Crippen molar-refractivity contribution in [1.82, 2.24) is 15.0 Å². The Morgan fingerprint density at radius 3 is 2.79 bits per heavy atom. The van der Waals surface area contributed by atoms with Crippen LogP contribution in [-0.4, -0.2) is 26.1 Å². The minimum atomic E-state index is -1.04. The van der Waals surface area contributed by atoms with Crippen LogP contribution in [0.4, 0.5) is 0 Å². The molecule has 5 heteroatoms. The lowest BCUT2D eigenvalue weighted by Gasteiger charge is -2.07. The van der Waals surface area contributed by atoms with Crippen LogP contribution in [0.2, 0.25) is 0 Å². The number of carboxylic acid groups (broad SMARTS) is 1. The third-order valence-electron chi connectivity index (χ3n) is 1.82. The van der Waals surface area contributed by atoms with Gasteiger partial charge < -0.3 is 5.11 Å². The zero-order valence-electron chi connectivity index (χ0n) is 8.27. The summed E-state index contributed by atoms with van der Waals surface area (Å²) in [5, 5.41) is 16.2. The molecule has 1 heterocycles. The smallest absolute Gasteiger partial charge is 0.358 e. The Balaban J connectivity index is 3.19. The number of carbonyl (C=O) groups is 1. The van der Waals surface area contributed by atoms with Gasteiger partial charge in [-0.25, -0.2) is 9.48 Å². The number of rotatable bonds is 4. The molecule has 14 heavy (non-hydrogen) atoms. The molecule has 0 atom stereocenters. The number of hydrogen-bond donors (Lipinski definition) is 1. The summed E-state index contributed by atoms with van der Waals surface area (Å²) in [4.78, 5) is 10.8. The molecule has 1 aromatic rings. The normalized spacial score (nSPS) is 10.5. The van der Waals surface area contributed by atoms with Crippen molar-refractivity contribution in [2.75, 3.05) is 0 Å². The van der Waals surface area contributed by atoms with Gasteiger partial charge in [-0.2, -0.15) is 0 Å². The van der Waals surface area contributed by atoms with Crippen LogP contribution < -0.4 is 0 Å². The number of allylic oxidation sites excluding steroid dienone is 1. The Morgan fingerprint density at radius 1 is 1.71 bits per heavy atom. The molecule has 0 bridgehead atoms. The van der Waals surface area contributed by atoms with E-state index < -0.39 is 5.97 Å². The molecule has 1 aromatic heterocycles. The van der Waals surface area contributed by atoms with Gasteiger partial charge >= 0.3 is 5.97 Å². The SMILES string of the molecule is C=CCn1nnc(C(=O)O)c1C(C)C. The Hall–Kier alpha value is -1.65. The molecule has 0 radical (unpaired) electrons. The topological polar surface area (TPSA) is 68.0 Å². The van der Waals surface area contributed by atoms with E-state index in [1.165, 1.54) is 0 Å². The van der Waals surface area contributed by atoms with Crippen LogP contribution in [0.1, 0.15) is 35.9 Å².